The molecular weight excluding hydrogens is 267 g/mol. The van der Waals surface area contributed by atoms with Crippen LogP contribution in [0.3, 0.4) is 0 Å². The van der Waals surface area contributed by atoms with Gasteiger partial charge >= 0.3 is 0 Å². The van der Waals surface area contributed by atoms with Gasteiger partial charge in [-0.05, 0) is 38.8 Å². The predicted octanol–water partition coefficient (Wildman–Crippen LogP) is 2.94. The maximum absolute atomic E-state index is 14.1. The molecule has 1 N–H and O–H groups in total. The fourth-order valence-corrected chi connectivity index (χ4v) is 3.89. The van der Waals surface area contributed by atoms with Crippen molar-refractivity contribution in [3.05, 3.63) is 29.6 Å². The highest BCUT2D eigenvalue weighted by Crippen LogP contribution is 2.32. The van der Waals surface area contributed by atoms with E-state index in [9.17, 15) is 4.39 Å². The Labute approximate surface area is 126 Å². The van der Waals surface area contributed by atoms with Gasteiger partial charge in [0.25, 0.3) is 0 Å². The summed E-state index contributed by atoms with van der Waals surface area (Å²) in [6.07, 6.45) is 6.32. The number of benzene rings is 1. The Balaban J connectivity index is 1.61. The van der Waals surface area contributed by atoms with E-state index in [2.05, 4.69) is 17.3 Å². The van der Waals surface area contributed by atoms with E-state index in [0.29, 0.717) is 36.0 Å². The van der Waals surface area contributed by atoms with Gasteiger partial charge in [0, 0.05) is 30.2 Å². The minimum absolute atomic E-state index is 0.236. The monoisotopic (exact) mass is 292 g/mol. The van der Waals surface area contributed by atoms with E-state index in [1.54, 1.807) is 6.07 Å². The number of halogens is 1. The molecule has 0 saturated carbocycles. The van der Waals surface area contributed by atoms with Crippen molar-refractivity contribution in [1.29, 1.82) is 0 Å². The number of nitrogens with zero attached hydrogens (tertiary/aromatic N) is 1. The number of rotatable bonds is 4. The highest BCUT2D eigenvalue weighted by atomic mass is 19.1. The molecule has 116 valence electrons. The molecule has 2 atom stereocenters. The normalized spacial score (nSPS) is 29.4. The summed E-state index contributed by atoms with van der Waals surface area (Å²) in [5.41, 5.74) is 0.693. The minimum atomic E-state index is -0.236. The van der Waals surface area contributed by atoms with Gasteiger partial charge < -0.3 is 15.0 Å². The molecule has 2 heterocycles. The van der Waals surface area contributed by atoms with Crippen LogP contribution in [0, 0.1) is 5.82 Å². The summed E-state index contributed by atoms with van der Waals surface area (Å²) in [6, 6.07) is 7.25. The Morgan fingerprint density at radius 1 is 1.29 bits per heavy atom. The Morgan fingerprint density at radius 2 is 2.00 bits per heavy atom. The zero-order valence-electron chi connectivity index (χ0n) is 12.9. The molecule has 0 aromatic heterocycles. The second-order valence-electron chi connectivity index (χ2n) is 6.39. The molecule has 2 bridgehead atoms. The summed E-state index contributed by atoms with van der Waals surface area (Å²) in [4.78, 5) is 2.55. The van der Waals surface area contributed by atoms with Gasteiger partial charge in [-0.15, -0.1) is 0 Å². The molecule has 3 nitrogen and oxygen atoms in total. The molecule has 0 spiro atoms. The first-order chi connectivity index (χ1) is 10.2. The van der Waals surface area contributed by atoms with Crippen molar-refractivity contribution in [2.75, 3.05) is 14.2 Å². The van der Waals surface area contributed by atoms with Gasteiger partial charge in [0.2, 0.25) is 0 Å². The summed E-state index contributed by atoms with van der Waals surface area (Å²) in [5.74, 6) is 0.0927. The van der Waals surface area contributed by atoms with Gasteiger partial charge in [-0.1, -0.05) is 18.6 Å². The Kier molecular flexibility index (Phi) is 4.45. The van der Waals surface area contributed by atoms with Crippen LogP contribution >= 0.6 is 0 Å². The van der Waals surface area contributed by atoms with Crippen LogP contribution in [0.1, 0.15) is 37.7 Å². The highest BCUT2D eigenvalue weighted by Gasteiger charge is 2.35. The molecule has 4 heteroatoms. The Hall–Kier alpha value is -1.13. The first-order valence-corrected chi connectivity index (χ1v) is 7.95. The lowest BCUT2D eigenvalue weighted by Crippen LogP contribution is -2.54. The molecule has 1 aromatic rings. The lowest BCUT2D eigenvalue weighted by molar-refractivity contribution is 0.0482. The van der Waals surface area contributed by atoms with Crippen molar-refractivity contribution in [3.63, 3.8) is 0 Å². The maximum atomic E-state index is 14.1. The summed E-state index contributed by atoms with van der Waals surface area (Å²) in [7, 11) is 3.76. The summed E-state index contributed by atoms with van der Waals surface area (Å²) < 4.78 is 19.2. The number of nitrogens with one attached hydrogen (secondary N) is 1. The molecule has 2 saturated heterocycles. The molecule has 2 aliphatic rings. The molecule has 2 unspecified atom stereocenters. The van der Waals surface area contributed by atoms with Crippen molar-refractivity contribution >= 4 is 0 Å². The molecule has 3 rings (SSSR count). The fraction of sp³-hybridized carbons (Fsp3) is 0.647. The first kappa shape index (κ1) is 14.8. The molecule has 21 heavy (non-hydrogen) atoms. The van der Waals surface area contributed by atoms with Crippen LogP contribution < -0.4 is 10.1 Å². The fourth-order valence-electron chi connectivity index (χ4n) is 3.89. The molecule has 0 radical (unpaired) electrons. The molecule has 0 amide bonds. The first-order valence-electron chi connectivity index (χ1n) is 7.95. The van der Waals surface area contributed by atoms with Gasteiger partial charge in [0.05, 0.1) is 7.11 Å². The van der Waals surface area contributed by atoms with E-state index in [1.807, 2.05) is 12.1 Å². The largest absolute Gasteiger partial charge is 0.494 e. The molecular formula is C17H25FN2O. The number of hydrogen-bond donors (Lipinski definition) is 1. The molecule has 0 aliphatic carbocycles. The number of piperidine rings is 2. The topological polar surface area (TPSA) is 24.5 Å². The zero-order chi connectivity index (χ0) is 14.8. The van der Waals surface area contributed by atoms with Crippen LogP contribution in [0.25, 0.3) is 0 Å². The number of fused-ring (bicyclic) bond motifs is 2. The van der Waals surface area contributed by atoms with E-state index >= 15 is 0 Å². The maximum Gasteiger partial charge on any atom is 0.169 e. The second kappa shape index (κ2) is 6.32. The third-order valence-electron chi connectivity index (χ3n) is 5.18. The van der Waals surface area contributed by atoms with E-state index in [1.165, 1.54) is 39.2 Å². The zero-order valence-corrected chi connectivity index (χ0v) is 12.9. The van der Waals surface area contributed by atoms with E-state index < -0.39 is 0 Å². The van der Waals surface area contributed by atoms with Crippen molar-refractivity contribution in [1.82, 2.24) is 10.2 Å². The van der Waals surface area contributed by atoms with Crippen molar-refractivity contribution in [3.8, 4) is 5.75 Å². The summed E-state index contributed by atoms with van der Waals surface area (Å²) in [6.45, 7) is 0.580. The van der Waals surface area contributed by atoms with Crippen molar-refractivity contribution in [2.45, 2.75) is 56.8 Å². The van der Waals surface area contributed by atoms with Crippen molar-refractivity contribution < 1.29 is 9.13 Å². The summed E-state index contributed by atoms with van der Waals surface area (Å²) >= 11 is 0. The number of ether oxygens (including phenoxy) is 1. The lowest BCUT2D eigenvalue weighted by atomic mass is 9.82. The minimum Gasteiger partial charge on any atom is -0.494 e. The van der Waals surface area contributed by atoms with Gasteiger partial charge in [0.15, 0.2) is 11.6 Å². The third-order valence-corrected chi connectivity index (χ3v) is 5.18. The van der Waals surface area contributed by atoms with E-state index in [-0.39, 0.29) is 5.82 Å². The van der Waals surface area contributed by atoms with Crippen LogP contribution in [0.4, 0.5) is 4.39 Å². The Bertz CT molecular complexity index is 480. The van der Waals surface area contributed by atoms with Crippen LogP contribution in [-0.4, -0.2) is 37.2 Å². The lowest BCUT2D eigenvalue weighted by Gasteiger charge is -2.47. The van der Waals surface area contributed by atoms with Gasteiger partial charge in [0.1, 0.15) is 0 Å². The Morgan fingerprint density at radius 3 is 2.67 bits per heavy atom. The van der Waals surface area contributed by atoms with Gasteiger partial charge in [-0.25, -0.2) is 4.39 Å². The third kappa shape index (κ3) is 3.06. The van der Waals surface area contributed by atoms with Gasteiger partial charge in [-0.3, -0.25) is 0 Å². The van der Waals surface area contributed by atoms with Crippen LogP contribution in [0.2, 0.25) is 0 Å². The SMILES string of the molecule is COc1cccc(CNC2CC3CCCC(C2)N3C)c1F. The molecule has 1 aromatic carbocycles. The standard InChI is InChI=1S/C17H25FN2O/c1-20-14-6-4-7-15(20)10-13(9-14)19-11-12-5-3-8-16(21-2)17(12)18/h3,5,8,13-15,19H,4,6-7,9-11H2,1-2H3. The van der Waals surface area contributed by atoms with Crippen molar-refractivity contribution in [2.24, 2.45) is 0 Å². The van der Waals surface area contributed by atoms with E-state index in [0.717, 1.165) is 0 Å². The molecule has 2 fully saturated rings. The molecule has 2 aliphatic heterocycles. The average Bonchev–Trinajstić information content (AvgIpc) is 2.47. The van der Waals surface area contributed by atoms with E-state index in [4.69, 9.17) is 4.74 Å². The number of methoxy groups -OCH3 is 1. The van der Waals surface area contributed by atoms with Gasteiger partial charge in [-0.2, -0.15) is 0 Å². The van der Waals surface area contributed by atoms with Crippen LogP contribution in [-0.2, 0) is 6.54 Å². The quantitative estimate of drug-likeness (QED) is 0.923. The number of hydrogen-bond acceptors (Lipinski definition) is 3. The predicted molar refractivity (Wildman–Crippen MR) is 82.0 cm³/mol. The second-order valence-corrected chi connectivity index (χ2v) is 6.39. The smallest absolute Gasteiger partial charge is 0.169 e. The van der Waals surface area contributed by atoms with Crippen LogP contribution in [0.15, 0.2) is 18.2 Å². The van der Waals surface area contributed by atoms with Crippen LogP contribution in [0.5, 0.6) is 5.75 Å². The average molecular weight is 292 g/mol. The summed E-state index contributed by atoms with van der Waals surface area (Å²) in [5, 5.41) is 3.56. The highest BCUT2D eigenvalue weighted by molar-refractivity contribution is 5.31.